The molecule has 0 radical (unpaired) electrons. The summed E-state index contributed by atoms with van der Waals surface area (Å²) < 4.78 is 10.2. The van der Waals surface area contributed by atoms with Crippen LogP contribution in [0.15, 0.2) is 40.9 Å². The number of ether oxygens (including phenoxy) is 1. The van der Waals surface area contributed by atoms with Gasteiger partial charge in [-0.3, -0.25) is 4.90 Å². The fraction of sp³-hybridized carbons (Fsp3) is 0.348. The van der Waals surface area contributed by atoms with E-state index in [9.17, 15) is 4.79 Å². The van der Waals surface area contributed by atoms with Crippen molar-refractivity contribution < 1.29 is 14.1 Å². The molecule has 1 aliphatic heterocycles. The van der Waals surface area contributed by atoms with Crippen molar-refractivity contribution in [1.29, 1.82) is 0 Å². The van der Waals surface area contributed by atoms with Crippen LogP contribution in [-0.4, -0.2) is 29.8 Å². The molecule has 0 spiro atoms. The number of amides is 2. The first-order valence-electron chi connectivity index (χ1n) is 10.2. The highest BCUT2D eigenvalue weighted by Crippen LogP contribution is 2.35. The smallest absolute Gasteiger partial charge is 0.322 e. The van der Waals surface area contributed by atoms with Crippen molar-refractivity contribution in [3.8, 4) is 11.4 Å². The van der Waals surface area contributed by atoms with Crippen LogP contribution in [0.2, 0.25) is 0 Å². The third-order valence-electron chi connectivity index (χ3n) is 5.89. The molecule has 30 heavy (non-hydrogen) atoms. The van der Waals surface area contributed by atoms with Gasteiger partial charge >= 0.3 is 6.03 Å². The molecule has 2 amide bonds. The van der Waals surface area contributed by atoms with Crippen LogP contribution in [0.4, 0.5) is 10.5 Å². The summed E-state index contributed by atoms with van der Waals surface area (Å²) in [6.07, 6.45) is 2.71. The predicted molar refractivity (Wildman–Crippen MR) is 112 cm³/mol. The lowest BCUT2D eigenvalue weighted by Crippen LogP contribution is -2.40. The van der Waals surface area contributed by atoms with E-state index in [1.807, 2.05) is 11.0 Å². The number of aryl methyl sites for hydroxylation is 2. The van der Waals surface area contributed by atoms with E-state index in [0.717, 1.165) is 42.6 Å². The Balaban J connectivity index is 1.31. The van der Waals surface area contributed by atoms with Gasteiger partial charge in [-0.2, -0.15) is 4.98 Å². The number of nitrogens with zero attached hydrogens (tertiary/aromatic N) is 3. The molecule has 1 aromatic heterocycles. The molecule has 1 N–H and O–H groups in total. The van der Waals surface area contributed by atoms with E-state index >= 15 is 0 Å². The number of anilines is 1. The summed E-state index contributed by atoms with van der Waals surface area (Å²) in [5.41, 5.74) is 6.79. The number of carbonyl (C=O) groups is 1. The molecular formula is C23H24N4O3. The van der Waals surface area contributed by atoms with Crippen LogP contribution in [-0.2, 0) is 24.2 Å². The third-order valence-corrected chi connectivity index (χ3v) is 5.89. The molecular weight excluding hydrogens is 380 g/mol. The Hall–Kier alpha value is -3.19. The number of urea groups is 1. The Morgan fingerprint density at radius 3 is 3.00 bits per heavy atom. The van der Waals surface area contributed by atoms with E-state index in [2.05, 4.69) is 52.7 Å². The first kappa shape index (κ1) is 18.8. The molecule has 1 aliphatic carbocycles. The molecule has 7 nitrogen and oxygen atoms in total. The average molecular weight is 404 g/mol. The minimum absolute atomic E-state index is 0.0189. The summed E-state index contributed by atoms with van der Waals surface area (Å²) in [5, 5.41) is 7.27. The molecule has 0 unspecified atom stereocenters. The number of rotatable bonds is 4. The zero-order chi connectivity index (χ0) is 20.7. The number of carbonyl (C=O) groups excluding carboxylic acids is 1. The van der Waals surface area contributed by atoms with Gasteiger partial charge in [0.15, 0.2) is 0 Å². The maximum atomic E-state index is 13.0. The SMILES string of the molecule is COCc1nc(-c2ccc3c(c2)CC[C@H]3NC(=O)N2CCc3cc(C)ccc32)no1. The number of nitrogens with one attached hydrogen (secondary N) is 1. The summed E-state index contributed by atoms with van der Waals surface area (Å²) >= 11 is 0. The molecule has 7 heteroatoms. The quantitative estimate of drug-likeness (QED) is 0.712. The van der Waals surface area contributed by atoms with Crippen LogP contribution in [0.3, 0.4) is 0 Å². The molecule has 1 atom stereocenters. The van der Waals surface area contributed by atoms with Crippen molar-refractivity contribution in [2.24, 2.45) is 0 Å². The third kappa shape index (κ3) is 3.35. The van der Waals surface area contributed by atoms with Gasteiger partial charge in [0.2, 0.25) is 5.82 Å². The van der Waals surface area contributed by atoms with Gasteiger partial charge < -0.3 is 14.6 Å². The highest BCUT2D eigenvalue weighted by Gasteiger charge is 2.29. The van der Waals surface area contributed by atoms with Gasteiger partial charge in [-0.05, 0) is 55.0 Å². The van der Waals surface area contributed by atoms with E-state index in [-0.39, 0.29) is 12.1 Å². The second-order valence-electron chi connectivity index (χ2n) is 7.93. The Bertz CT molecular complexity index is 1110. The van der Waals surface area contributed by atoms with Crippen LogP contribution < -0.4 is 10.2 Å². The van der Waals surface area contributed by atoms with E-state index < -0.39 is 0 Å². The molecule has 0 bridgehead atoms. The molecule has 0 fully saturated rings. The molecule has 3 aromatic rings. The van der Waals surface area contributed by atoms with Crippen molar-refractivity contribution in [2.45, 2.75) is 38.8 Å². The lowest BCUT2D eigenvalue weighted by Gasteiger charge is -2.22. The van der Waals surface area contributed by atoms with Gasteiger partial charge in [0.05, 0.1) is 6.04 Å². The van der Waals surface area contributed by atoms with Crippen LogP contribution >= 0.6 is 0 Å². The maximum absolute atomic E-state index is 13.0. The van der Waals surface area contributed by atoms with Crippen LogP contribution in [0, 0.1) is 6.92 Å². The molecule has 0 saturated heterocycles. The molecule has 2 aromatic carbocycles. The van der Waals surface area contributed by atoms with Crippen molar-refractivity contribution in [2.75, 3.05) is 18.6 Å². The lowest BCUT2D eigenvalue weighted by atomic mass is 10.0. The Kier molecular flexibility index (Phi) is 4.75. The Labute approximate surface area is 175 Å². The van der Waals surface area contributed by atoms with Gasteiger partial charge in [-0.1, -0.05) is 35.0 Å². The summed E-state index contributed by atoms with van der Waals surface area (Å²) in [7, 11) is 1.59. The molecule has 0 saturated carbocycles. The second-order valence-corrected chi connectivity index (χ2v) is 7.93. The number of hydrogen-bond acceptors (Lipinski definition) is 5. The normalized spacial score (nSPS) is 17.1. The number of aromatic nitrogens is 2. The zero-order valence-electron chi connectivity index (χ0n) is 17.1. The van der Waals surface area contributed by atoms with Gasteiger partial charge in [0, 0.05) is 24.9 Å². The van der Waals surface area contributed by atoms with E-state index in [4.69, 9.17) is 9.26 Å². The monoisotopic (exact) mass is 404 g/mol. The lowest BCUT2D eigenvalue weighted by molar-refractivity contribution is 0.151. The first-order chi connectivity index (χ1) is 14.6. The van der Waals surface area contributed by atoms with E-state index in [1.165, 1.54) is 16.7 Å². The Morgan fingerprint density at radius 1 is 1.23 bits per heavy atom. The first-order valence-corrected chi connectivity index (χ1v) is 10.2. The highest BCUT2D eigenvalue weighted by atomic mass is 16.5. The molecule has 5 rings (SSSR count). The van der Waals surface area contributed by atoms with E-state index in [1.54, 1.807) is 7.11 Å². The summed E-state index contributed by atoms with van der Waals surface area (Å²) in [4.78, 5) is 19.2. The minimum atomic E-state index is -0.0260. The maximum Gasteiger partial charge on any atom is 0.322 e. The van der Waals surface area contributed by atoms with Gasteiger partial charge in [-0.25, -0.2) is 4.79 Å². The van der Waals surface area contributed by atoms with Crippen LogP contribution in [0.1, 0.15) is 40.6 Å². The number of hydrogen-bond donors (Lipinski definition) is 1. The topological polar surface area (TPSA) is 80.5 Å². The molecule has 2 heterocycles. The summed E-state index contributed by atoms with van der Waals surface area (Å²) in [6.45, 7) is 3.11. The van der Waals surface area contributed by atoms with E-state index in [0.29, 0.717) is 18.3 Å². The van der Waals surface area contributed by atoms with Gasteiger partial charge in [0.25, 0.3) is 5.89 Å². The summed E-state index contributed by atoms with van der Waals surface area (Å²) in [5.74, 6) is 1.01. The largest absolute Gasteiger partial charge is 0.375 e. The van der Waals surface area contributed by atoms with Gasteiger partial charge in [-0.15, -0.1) is 0 Å². The summed E-state index contributed by atoms with van der Waals surface area (Å²) in [6, 6.07) is 12.4. The van der Waals surface area contributed by atoms with Crippen LogP contribution in [0.25, 0.3) is 11.4 Å². The molecule has 2 aliphatic rings. The van der Waals surface area contributed by atoms with Crippen molar-refractivity contribution in [3.05, 3.63) is 64.5 Å². The van der Waals surface area contributed by atoms with Crippen LogP contribution in [0.5, 0.6) is 0 Å². The number of methoxy groups -OCH3 is 1. The fourth-order valence-electron chi connectivity index (χ4n) is 4.43. The minimum Gasteiger partial charge on any atom is -0.375 e. The van der Waals surface area contributed by atoms with Gasteiger partial charge in [0.1, 0.15) is 6.61 Å². The fourth-order valence-corrected chi connectivity index (χ4v) is 4.43. The second kappa shape index (κ2) is 7.57. The van der Waals surface area contributed by atoms with Crippen molar-refractivity contribution in [3.63, 3.8) is 0 Å². The Morgan fingerprint density at radius 2 is 2.13 bits per heavy atom. The van der Waals surface area contributed by atoms with Crippen molar-refractivity contribution >= 4 is 11.7 Å². The molecule has 154 valence electrons. The standard InChI is InChI=1S/C23H24N4O3/c1-14-3-8-20-16(11-14)9-10-27(20)23(28)24-19-7-5-15-12-17(4-6-18(15)19)22-25-21(13-29-2)30-26-22/h3-4,6,8,11-12,19H,5,7,9-10,13H2,1-2H3,(H,24,28)/t19-/m1/s1. The average Bonchev–Trinajstić information content (AvgIpc) is 3.46. The number of benzene rings is 2. The van der Waals surface area contributed by atoms with Crippen molar-refractivity contribution in [1.82, 2.24) is 15.5 Å². The highest BCUT2D eigenvalue weighted by molar-refractivity contribution is 5.94. The predicted octanol–water partition coefficient (Wildman–Crippen LogP) is 3.95. The zero-order valence-corrected chi connectivity index (χ0v) is 17.1. The number of fused-ring (bicyclic) bond motifs is 2.